The summed E-state index contributed by atoms with van der Waals surface area (Å²) in [5.74, 6) is 0. The topological polar surface area (TPSA) is 106 Å². The number of para-hydroxylation sites is 1. The van der Waals surface area contributed by atoms with Gasteiger partial charge >= 0.3 is 11.8 Å². The SMILES string of the molecule is CC(C)(C)OC(=O)NCC12CCC(CNc3c([N+](=O)[O-])c(Cl)nc4ccccc34)(CC1)CC2. The van der Waals surface area contributed by atoms with Crippen LogP contribution in [-0.4, -0.2) is 34.7 Å². The van der Waals surface area contributed by atoms with Crippen molar-refractivity contribution in [3.8, 4) is 0 Å². The number of nitro groups is 1. The van der Waals surface area contributed by atoms with Gasteiger partial charge < -0.3 is 15.4 Å². The van der Waals surface area contributed by atoms with Gasteiger partial charge in [0, 0.05) is 18.5 Å². The molecule has 1 aromatic carbocycles. The standard InChI is InChI=1S/C24H31ClN4O4/c1-22(2,3)33-21(30)27-15-24-11-8-23(9-12-24,10-13-24)14-26-18-16-6-4-5-7-17(16)28-20(25)19(18)29(31)32/h4-7H,8-15H2,1-3H3,(H,26,28)(H,27,30). The van der Waals surface area contributed by atoms with E-state index in [1.165, 1.54) is 0 Å². The Labute approximate surface area is 198 Å². The van der Waals surface area contributed by atoms with Crippen LogP contribution in [0.25, 0.3) is 10.9 Å². The number of hydrogen-bond donors (Lipinski definition) is 2. The molecular weight excluding hydrogens is 444 g/mol. The summed E-state index contributed by atoms with van der Waals surface area (Å²) in [6, 6.07) is 7.33. The summed E-state index contributed by atoms with van der Waals surface area (Å²) in [5, 5.41) is 18.7. The molecule has 1 aromatic heterocycles. The van der Waals surface area contributed by atoms with E-state index in [1.54, 1.807) is 0 Å². The fourth-order valence-corrected chi connectivity index (χ4v) is 5.49. The molecule has 33 heavy (non-hydrogen) atoms. The van der Waals surface area contributed by atoms with Crippen LogP contribution in [0.2, 0.25) is 5.15 Å². The van der Waals surface area contributed by atoms with Crippen LogP contribution in [0.5, 0.6) is 0 Å². The van der Waals surface area contributed by atoms with E-state index in [-0.39, 0.29) is 27.8 Å². The predicted octanol–water partition coefficient (Wildman–Crippen LogP) is 6.07. The molecule has 3 aliphatic carbocycles. The highest BCUT2D eigenvalue weighted by Gasteiger charge is 2.48. The molecule has 8 nitrogen and oxygen atoms in total. The number of halogens is 1. The van der Waals surface area contributed by atoms with Gasteiger partial charge in [0.15, 0.2) is 0 Å². The van der Waals surface area contributed by atoms with Crippen LogP contribution in [-0.2, 0) is 4.74 Å². The van der Waals surface area contributed by atoms with Gasteiger partial charge in [0.25, 0.3) is 0 Å². The van der Waals surface area contributed by atoms with Gasteiger partial charge in [-0.15, -0.1) is 0 Å². The van der Waals surface area contributed by atoms with Crippen molar-refractivity contribution in [2.45, 2.75) is 64.9 Å². The highest BCUT2D eigenvalue weighted by atomic mass is 35.5. The third-order valence-electron chi connectivity index (χ3n) is 7.21. The largest absolute Gasteiger partial charge is 0.444 e. The monoisotopic (exact) mass is 474 g/mol. The Bertz CT molecular complexity index is 1060. The Balaban J connectivity index is 1.44. The van der Waals surface area contributed by atoms with Crippen LogP contribution in [0, 0.1) is 20.9 Å². The van der Waals surface area contributed by atoms with Crippen molar-refractivity contribution < 1.29 is 14.5 Å². The number of pyridine rings is 1. The van der Waals surface area contributed by atoms with Gasteiger partial charge in [-0.2, -0.15) is 0 Å². The second-order valence-corrected chi connectivity index (χ2v) is 11.0. The van der Waals surface area contributed by atoms with Crippen LogP contribution in [0.15, 0.2) is 24.3 Å². The van der Waals surface area contributed by atoms with Crippen LogP contribution in [0.3, 0.4) is 0 Å². The molecule has 2 N–H and O–H groups in total. The Morgan fingerprint density at radius 2 is 1.70 bits per heavy atom. The molecule has 0 spiro atoms. The number of ether oxygens (including phenoxy) is 1. The molecule has 1 heterocycles. The maximum atomic E-state index is 12.1. The number of benzene rings is 1. The Hall–Kier alpha value is -2.61. The third kappa shape index (κ3) is 5.00. The lowest BCUT2D eigenvalue weighted by molar-refractivity contribution is -0.384. The Morgan fingerprint density at radius 3 is 2.27 bits per heavy atom. The van der Waals surface area contributed by atoms with Crippen LogP contribution < -0.4 is 10.6 Å². The van der Waals surface area contributed by atoms with Crippen molar-refractivity contribution in [3.63, 3.8) is 0 Å². The van der Waals surface area contributed by atoms with E-state index in [0.29, 0.717) is 29.7 Å². The predicted molar refractivity (Wildman–Crippen MR) is 129 cm³/mol. The molecule has 178 valence electrons. The first-order valence-corrected chi connectivity index (χ1v) is 11.8. The smallest absolute Gasteiger partial charge is 0.407 e. The molecular formula is C24H31ClN4O4. The Kier molecular flexibility index (Phi) is 6.16. The number of fused-ring (bicyclic) bond motifs is 4. The molecule has 5 rings (SSSR count). The number of amides is 1. The molecule has 0 aliphatic heterocycles. The number of rotatable bonds is 6. The minimum absolute atomic E-state index is 0.0817. The molecule has 0 saturated heterocycles. The molecule has 1 amide bonds. The van der Waals surface area contributed by atoms with E-state index in [0.717, 1.165) is 38.5 Å². The number of hydrogen-bond acceptors (Lipinski definition) is 6. The number of carbonyl (C=O) groups is 1. The maximum Gasteiger partial charge on any atom is 0.407 e. The minimum atomic E-state index is -0.510. The number of carbonyl (C=O) groups excluding carboxylic acids is 1. The van der Waals surface area contributed by atoms with Gasteiger partial charge in [0.2, 0.25) is 5.15 Å². The van der Waals surface area contributed by atoms with Crippen molar-refractivity contribution in [1.29, 1.82) is 0 Å². The lowest BCUT2D eigenvalue weighted by Gasteiger charge is -2.53. The lowest BCUT2D eigenvalue weighted by atomic mass is 9.53. The van der Waals surface area contributed by atoms with Gasteiger partial charge in [-0.1, -0.05) is 29.8 Å². The summed E-state index contributed by atoms with van der Waals surface area (Å²) in [5.41, 5.74) is 0.584. The zero-order valence-corrected chi connectivity index (χ0v) is 20.1. The fraction of sp³-hybridized carbons (Fsp3) is 0.583. The van der Waals surface area contributed by atoms with Gasteiger partial charge in [-0.3, -0.25) is 10.1 Å². The summed E-state index contributed by atoms with van der Waals surface area (Å²) in [6.45, 7) is 6.85. The summed E-state index contributed by atoms with van der Waals surface area (Å²) in [4.78, 5) is 27.6. The second kappa shape index (κ2) is 8.63. The van der Waals surface area contributed by atoms with E-state index in [2.05, 4.69) is 15.6 Å². The second-order valence-electron chi connectivity index (χ2n) is 10.6. The number of anilines is 1. The zero-order chi connectivity index (χ0) is 23.9. The number of alkyl carbamates (subject to hydrolysis) is 1. The molecule has 0 radical (unpaired) electrons. The first kappa shape index (κ1) is 23.5. The average Bonchev–Trinajstić information content (AvgIpc) is 2.76. The summed E-state index contributed by atoms with van der Waals surface area (Å²) < 4.78 is 5.38. The van der Waals surface area contributed by atoms with Crippen molar-refractivity contribution >= 4 is 40.0 Å². The molecule has 3 fully saturated rings. The third-order valence-corrected chi connectivity index (χ3v) is 7.47. The first-order valence-electron chi connectivity index (χ1n) is 11.5. The summed E-state index contributed by atoms with van der Waals surface area (Å²) >= 11 is 6.18. The number of nitrogens with one attached hydrogen (secondary N) is 2. The van der Waals surface area contributed by atoms with E-state index in [1.807, 2.05) is 45.0 Å². The average molecular weight is 475 g/mol. The van der Waals surface area contributed by atoms with Crippen LogP contribution in [0.1, 0.15) is 59.3 Å². The molecule has 3 saturated carbocycles. The number of nitrogens with zero attached hydrogens (tertiary/aromatic N) is 2. The van der Waals surface area contributed by atoms with Crippen molar-refractivity contribution in [2.75, 3.05) is 18.4 Å². The summed E-state index contributed by atoms with van der Waals surface area (Å²) in [6.07, 6.45) is 5.73. The van der Waals surface area contributed by atoms with Crippen molar-refractivity contribution in [3.05, 3.63) is 39.5 Å². The zero-order valence-electron chi connectivity index (χ0n) is 19.4. The molecule has 0 unspecified atom stereocenters. The molecule has 2 aromatic rings. The maximum absolute atomic E-state index is 12.1. The van der Waals surface area contributed by atoms with Gasteiger partial charge in [0.1, 0.15) is 11.3 Å². The fourth-order valence-electron chi connectivity index (χ4n) is 5.24. The molecule has 9 heteroatoms. The highest BCUT2D eigenvalue weighted by Crippen LogP contribution is 2.56. The van der Waals surface area contributed by atoms with Gasteiger partial charge in [-0.05, 0) is 76.2 Å². The molecule has 3 aliphatic rings. The minimum Gasteiger partial charge on any atom is -0.444 e. The Morgan fingerprint density at radius 1 is 1.12 bits per heavy atom. The van der Waals surface area contributed by atoms with E-state index >= 15 is 0 Å². The lowest BCUT2D eigenvalue weighted by Crippen LogP contribution is -2.50. The van der Waals surface area contributed by atoms with Crippen LogP contribution in [0.4, 0.5) is 16.2 Å². The van der Waals surface area contributed by atoms with E-state index in [4.69, 9.17) is 16.3 Å². The normalized spacial score (nSPS) is 24.5. The van der Waals surface area contributed by atoms with Gasteiger partial charge in [-0.25, -0.2) is 9.78 Å². The number of aromatic nitrogens is 1. The van der Waals surface area contributed by atoms with Gasteiger partial charge in [0.05, 0.1) is 10.4 Å². The van der Waals surface area contributed by atoms with Crippen LogP contribution >= 0.6 is 11.6 Å². The summed E-state index contributed by atoms with van der Waals surface area (Å²) in [7, 11) is 0. The first-order chi connectivity index (χ1) is 15.5. The van der Waals surface area contributed by atoms with Crippen molar-refractivity contribution in [1.82, 2.24) is 10.3 Å². The quantitative estimate of drug-likeness (QED) is 0.299. The van der Waals surface area contributed by atoms with E-state index < -0.39 is 10.5 Å². The van der Waals surface area contributed by atoms with Crippen molar-refractivity contribution in [2.24, 2.45) is 10.8 Å². The highest BCUT2D eigenvalue weighted by molar-refractivity contribution is 6.33. The molecule has 0 atom stereocenters. The molecule has 2 bridgehead atoms. The van der Waals surface area contributed by atoms with E-state index in [9.17, 15) is 14.9 Å².